The Morgan fingerprint density at radius 3 is 2.52 bits per heavy atom. The number of carbonyl (C=O) groups excluding carboxylic acids is 3. The van der Waals surface area contributed by atoms with E-state index in [4.69, 9.17) is 16.3 Å². The van der Waals surface area contributed by atoms with Crippen molar-refractivity contribution in [2.45, 2.75) is 26.3 Å². The van der Waals surface area contributed by atoms with Crippen LogP contribution in [0.25, 0.3) is 10.2 Å². The molecule has 2 amide bonds. The topological polar surface area (TPSA) is 88.6 Å². The fourth-order valence-corrected chi connectivity index (χ4v) is 4.20. The predicted octanol–water partition coefficient (Wildman–Crippen LogP) is 4.11. The standard InChI is InChI=1S/C22H22ClN3O4S/c1-3-26(22-25-17-6-4-5-7-19(17)31-22)20(28)13-30-21(29)12-18(24-14(2)27)15-8-10-16(23)11-9-15/h4-11,18H,3,12-13H2,1-2H3,(H,24,27). The van der Waals surface area contributed by atoms with Gasteiger partial charge >= 0.3 is 5.97 Å². The van der Waals surface area contributed by atoms with Crippen molar-refractivity contribution in [2.24, 2.45) is 0 Å². The normalized spacial score (nSPS) is 11.7. The second kappa shape index (κ2) is 10.4. The summed E-state index contributed by atoms with van der Waals surface area (Å²) in [6.07, 6.45) is -0.109. The molecule has 162 valence electrons. The zero-order chi connectivity index (χ0) is 22.4. The first-order valence-electron chi connectivity index (χ1n) is 9.71. The number of hydrogen-bond acceptors (Lipinski definition) is 6. The van der Waals surface area contributed by atoms with Gasteiger partial charge in [0.25, 0.3) is 5.91 Å². The molecule has 0 saturated carbocycles. The van der Waals surface area contributed by atoms with Gasteiger partial charge in [0.2, 0.25) is 5.91 Å². The zero-order valence-corrected chi connectivity index (χ0v) is 18.7. The lowest BCUT2D eigenvalue weighted by Gasteiger charge is -2.19. The first kappa shape index (κ1) is 22.7. The SMILES string of the molecule is CCN(C(=O)COC(=O)CC(NC(C)=O)c1ccc(Cl)cc1)c1nc2ccccc2s1. The van der Waals surface area contributed by atoms with Gasteiger partial charge in [-0.1, -0.05) is 47.2 Å². The molecule has 0 radical (unpaired) electrons. The van der Waals surface area contributed by atoms with Crippen LogP contribution >= 0.6 is 22.9 Å². The third-order valence-electron chi connectivity index (χ3n) is 4.51. The molecule has 1 unspecified atom stereocenters. The summed E-state index contributed by atoms with van der Waals surface area (Å²) in [6.45, 7) is 3.19. The number of amides is 2. The van der Waals surface area contributed by atoms with Gasteiger partial charge in [-0.15, -0.1) is 0 Å². The van der Waals surface area contributed by atoms with Crippen molar-refractivity contribution in [1.82, 2.24) is 10.3 Å². The van der Waals surface area contributed by atoms with Crippen molar-refractivity contribution in [3.05, 3.63) is 59.1 Å². The predicted molar refractivity (Wildman–Crippen MR) is 121 cm³/mol. The number of ether oxygens (including phenoxy) is 1. The van der Waals surface area contributed by atoms with Crippen molar-refractivity contribution >= 4 is 56.1 Å². The van der Waals surface area contributed by atoms with E-state index in [0.717, 1.165) is 10.2 Å². The van der Waals surface area contributed by atoms with Crippen LogP contribution in [-0.4, -0.2) is 35.9 Å². The van der Waals surface area contributed by atoms with Gasteiger partial charge in [-0.3, -0.25) is 19.3 Å². The van der Waals surface area contributed by atoms with Crippen molar-refractivity contribution in [2.75, 3.05) is 18.1 Å². The Morgan fingerprint density at radius 2 is 1.87 bits per heavy atom. The minimum atomic E-state index is -0.595. The van der Waals surface area contributed by atoms with Crippen LogP contribution in [0.15, 0.2) is 48.5 Å². The second-order valence-corrected chi connectivity index (χ2v) is 8.22. The van der Waals surface area contributed by atoms with Gasteiger partial charge in [-0.05, 0) is 36.8 Å². The molecule has 0 aliphatic carbocycles. The highest BCUT2D eigenvalue weighted by atomic mass is 35.5. The number of carbonyl (C=O) groups is 3. The summed E-state index contributed by atoms with van der Waals surface area (Å²) in [6, 6.07) is 13.9. The third-order valence-corrected chi connectivity index (χ3v) is 5.82. The van der Waals surface area contributed by atoms with Crippen LogP contribution in [0.4, 0.5) is 5.13 Å². The van der Waals surface area contributed by atoms with Crippen LogP contribution in [0.2, 0.25) is 5.02 Å². The van der Waals surface area contributed by atoms with Crippen LogP contribution in [0.1, 0.15) is 31.9 Å². The highest BCUT2D eigenvalue weighted by molar-refractivity contribution is 7.22. The highest BCUT2D eigenvalue weighted by Gasteiger charge is 2.22. The molecule has 2 aromatic carbocycles. The highest BCUT2D eigenvalue weighted by Crippen LogP contribution is 2.28. The third kappa shape index (κ3) is 6.02. The Morgan fingerprint density at radius 1 is 1.16 bits per heavy atom. The minimum absolute atomic E-state index is 0.109. The summed E-state index contributed by atoms with van der Waals surface area (Å²) in [5.41, 5.74) is 1.53. The molecular weight excluding hydrogens is 438 g/mol. The molecule has 0 fully saturated rings. The number of thiazole rings is 1. The maximum Gasteiger partial charge on any atom is 0.308 e. The van der Waals surface area contributed by atoms with E-state index >= 15 is 0 Å². The number of esters is 1. The Kier molecular flexibility index (Phi) is 7.59. The quantitative estimate of drug-likeness (QED) is 0.512. The van der Waals surface area contributed by atoms with Crippen LogP contribution < -0.4 is 10.2 Å². The van der Waals surface area contributed by atoms with Crippen LogP contribution in [-0.2, 0) is 19.1 Å². The molecule has 1 atom stereocenters. The van der Waals surface area contributed by atoms with E-state index in [2.05, 4.69) is 10.3 Å². The molecule has 0 aliphatic rings. The minimum Gasteiger partial charge on any atom is -0.455 e. The summed E-state index contributed by atoms with van der Waals surface area (Å²) in [5.74, 6) is -1.24. The molecule has 7 nitrogen and oxygen atoms in total. The Hall–Kier alpha value is -2.97. The van der Waals surface area contributed by atoms with Crippen molar-refractivity contribution in [1.29, 1.82) is 0 Å². The Balaban J connectivity index is 1.62. The number of nitrogens with one attached hydrogen (secondary N) is 1. The van der Waals surface area contributed by atoms with E-state index in [1.165, 1.54) is 23.2 Å². The monoisotopic (exact) mass is 459 g/mol. The van der Waals surface area contributed by atoms with E-state index in [9.17, 15) is 14.4 Å². The summed E-state index contributed by atoms with van der Waals surface area (Å²) < 4.78 is 6.18. The Bertz CT molecular complexity index is 1050. The van der Waals surface area contributed by atoms with Gasteiger partial charge in [0, 0.05) is 18.5 Å². The van der Waals surface area contributed by atoms with Gasteiger partial charge in [0.15, 0.2) is 11.7 Å². The molecule has 9 heteroatoms. The summed E-state index contributed by atoms with van der Waals surface area (Å²) in [5, 5.41) is 3.83. The number of nitrogens with zero attached hydrogens (tertiary/aromatic N) is 2. The lowest BCUT2D eigenvalue weighted by molar-refractivity contribution is -0.148. The summed E-state index contributed by atoms with van der Waals surface area (Å²) in [7, 11) is 0. The van der Waals surface area contributed by atoms with Gasteiger partial charge in [0.05, 0.1) is 22.7 Å². The number of aromatic nitrogens is 1. The van der Waals surface area contributed by atoms with E-state index in [1.807, 2.05) is 31.2 Å². The summed E-state index contributed by atoms with van der Waals surface area (Å²) >= 11 is 7.31. The molecule has 3 aromatic rings. The number of rotatable bonds is 8. The zero-order valence-electron chi connectivity index (χ0n) is 17.1. The van der Waals surface area contributed by atoms with E-state index in [-0.39, 0.29) is 18.2 Å². The molecule has 0 aliphatic heterocycles. The maximum absolute atomic E-state index is 12.7. The van der Waals surface area contributed by atoms with Crippen molar-refractivity contribution in [3.8, 4) is 0 Å². The van der Waals surface area contributed by atoms with Crippen molar-refractivity contribution in [3.63, 3.8) is 0 Å². The average molecular weight is 460 g/mol. The van der Waals surface area contributed by atoms with Crippen molar-refractivity contribution < 1.29 is 19.1 Å². The number of anilines is 1. The average Bonchev–Trinajstić information content (AvgIpc) is 3.16. The maximum atomic E-state index is 12.7. The Labute approximate surface area is 189 Å². The molecule has 1 heterocycles. The first-order chi connectivity index (χ1) is 14.9. The molecule has 0 spiro atoms. The molecule has 0 saturated heterocycles. The molecule has 3 rings (SSSR count). The number of para-hydroxylation sites is 1. The van der Waals surface area contributed by atoms with Crippen LogP contribution in [0.3, 0.4) is 0 Å². The molecule has 31 heavy (non-hydrogen) atoms. The van der Waals surface area contributed by atoms with E-state index in [1.54, 1.807) is 24.3 Å². The molecular formula is C22H22ClN3O4S. The number of halogens is 1. The number of benzene rings is 2. The number of likely N-dealkylation sites (N-methyl/N-ethyl adjacent to an activating group) is 1. The fraction of sp³-hybridized carbons (Fsp3) is 0.273. The van der Waals surface area contributed by atoms with Crippen LogP contribution in [0, 0.1) is 0 Å². The first-order valence-corrected chi connectivity index (χ1v) is 10.9. The fourth-order valence-electron chi connectivity index (χ4n) is 3.03. The van der Waals surface area contributed by atoms with Gasteiger partial charge < -0.3 is 10.1 Å². The lowest BCUT2D eigenvalue weighted by Crippen LogP contribution is -2.35. The largest absolute Gasteiger partial charge is 0.455 e. The number of fused-ring (bicyclic) bond motifs is 1. The van der Waals surface area contributed by atoms with Gasteiger partial charge in [-0.25, -0.2) is 4.98 Å². The molecule has 0 bridgehead atoms. The van der Waals surface area contributed by atoms with Gasteiger partial charge in [-0.2, -0.15) is 0 Å². The smallest absolute Gasteiger partial charge is 0.308 e. The van der Waals surface area contributed by atoms with Gasteiger partial charge in [0.1, 0.15) is 0 Å². The number of hydrogen-bond donors (Lipinski definition) is 1. The summed E-state index contributed by atoms with van der Waals surface area (Å²) in [4.78, 5) is 42.6. The molecule has 1 aromatic heterocycles. The lowest BCUT2D eigenvalue weighted by atomic mass is 10.0. The molecule has 1 N–H and O–H groups in total. The van der Waals surface area contributed by atoms with Crippen LogP contribution in [0.5, 0.6) is 0 Å². The second-order valence-electron chi connectivity index (χ2n) is 6.77. The van der Waals surface area contributed by atoms with E-state index < -0.39 is 18.6 Å². The van der Waals surface area contributed by atoms with E-state index in [0.29, 0.717) is 22.3 Å².